The molecule has 1 amide bonds. The Labute approximate surface area is 162 Å². The molecule has 0 aliphatic carbocycles. The van der Waals surface area contributed by atoms with Gasteiger partial charge < -0.3 is 20.2 Å². The standard InChI is InChI=1S/C22H20N4O2/c1-15-7-9-18(10-8-15)24-21(27)14-28-20-6-3-11-26-13-19(25-22(20)26)16-4-2-5-17(23)12-16/h2-13H,14,23H2,1H3,(H,24,27). The van der Waals surface area contributed by atoms with E-state index in [-0.39, 0.29) is 12.5 Å². The minimum Gasteiger partial charge on any atom is -0.480 e. The molecule has 0 bridgehead atoms. The van der Waals surface area contributed by atoms with Crippen molar-refractivity contribution < 1.29 is 9.53 Å². The zero-order chi connectivity index (χ0) is 19.5. The molecule has 0 saturated heterocycles. The van der Waals surface area contributed by atoms with E-state index in [2.05, 4.69) is 10.3 Å². The van der Waals surface area contributed by atoms with Crippen molar-refractivity contribution in [3.8, 4) is 17.0 Å². The van der Waals surface area contributed by atoms with Crippen LogP contribution in [-0.4, -0.2) is 21.9 Å². The normalized spacial score (nSPS) is 10.8. The quantitative estimate of drug-likeness (QED) is 0.521. The number of carbonyl (C=O) groups excluding carboxylic acids is 1. The van der Waals surface area contributed by atoms with Crippen LogP contribution in [0.5, 0.6) is 5.75 Å². The molecule has 0 atom stereocenters. The second-order valence-electron chi connectivity index (χ2n) is 6.56. The molecule has 2 aromatic carbocycles. The van der Waals surface area contributed by atoms with Crippen molar-refractivity contribution in [1.82, 2.24) is 9.38 Å². The van der Waals surface area contributed by atoms with Gasteiger partial charge in [0.25, 0.3) is 5.91 Å². The number of benzene rings is 2. The highest BCUT2D eigenvalue weighted by Gasteiger charge is 2.11. The molecule has 4 aromatic rings. The largest absolute Gasteiger partial charge is 0.480 e. The fourth-order valence-corrected chi connectivity index (χ4v) is 2.91. The van der Waals surface area contributed by atoms with Gasteiger partial charge in [0.05, 0.1) is 5.69 Å². The Kier molecular flexibility index (Phi) is 4.68. The van der Waals surface area contributed by atoms with E-state index in [4.69, 9.17) is 10.5 Å². The van der Waals surface area contributed by atoms with Gasteiger partial charge in [-0.15, -0.1) is 0 Å². The first kappa shape index (κ1) is 17.6. The van der Waals surface area contributed by atoms with E-state index in [1.54, 1.807) is 6.07 Å². The lowest BCUT2D eigenvalue weighted by Gasteiger charge is -2.08. The van der Waals surface area contributed by atoms with Gasteiger partial charge in [-0.3, -0.25) is 4.79 Å². The Morgan fingerprint density at radius 2 is 1.96 bits per heavy atom. The summed E-state index contributed by atoms with van der Waals surface area (Å²) in [5.41, 5.74) is 10.8. The summed E-state index contributed by atoms with van der Waals surface area (Å²) >= 11 is 0. The minimum atomic E-state index is -0.228. The summed E-state index contributed by atoms with van der Waals surface area (Å²) in [4.78, 5) is 16.8. The molecule has 0 radical (unpaired) electrons. The van der Waals surface area contributed by atoms with Gasteiger partial charge in [-0.2, -0.15) is 0 Å². The Balaban J connectivity index is 1.51. The third kappa shape index (κ3) is 3.81. The van der Waals surface area contributed by atoms with Crippen LogP contribution in [0.15, 0.2) is 73.1 Å². The Bertz CT molecular complexity index is 1130. The summed E-state index contributed by atoms with van der Waals surface area (Å²) in [5, 5.41) is 2.82. The molecule has 0 unspecified atom stereocenters. The van der Waals surface area contributed by atoms with Gasteiger partial charge in [-0.1, -0.05) is 29.8 Å². The smallest absolute Gasteiger partial charge is 0.262 e. The topological polar surface area (TPSA) is 81.6 Å². The van der Waals surface area contributed by atoms with E-state index in [1.165, 1.54) is 0 Å². The third-order valence-corrected chi connectivity index (χ3v) is 4.32. The lowest BCUT2D eigenvalue weighted by atomic mass is 10.1. The summed E-state index contributed by atoms with van der Waals surface area (Å²) < 4.78 is 7.60. The predicted molar refractivity (Wildman–Crippen MR) is 110 cm³/mol. The first-order valence-corrected chi connectivity index (χ1v) is 8.91. The van der Waals surface area contributed by atoms with E-state index in [0.29, 0.717) is 17.1 Å². The highest BCUT2D eigenvalue weighted by atomic mass is 16.5. The average molecular weight is 372 g/mol. The van der Waals surface area contributed by atoms with Crippen LogP contribution >= 0.6 is 0 Å². The number of nitrogen functional groups attached to an aromatic ring is 1. The SMILES string of the molecule is Cc1ccc(NC(=O)COc2cccn3cc(-c4cccc(N)c4)nc23)cc1. The van der Waals surface area contributed by atoms with Crippen LogP contribution < -0.4 is 15.8 Å². The van der Waals surface area contributed by atoms with E-state index < -0.39 is 0 Å². The number of imidazole rings is 1. The Hall–Kier alpha value is -3.80. The molecule has 2 aromatic heterocycles. The van der Waals surface area contributed by atoms with Crippen LogP contribution in [0.3, 0.4) is 0 Å². The molecular weight excluding hydrogens is 352 g/mol. The van der Waals surface area contributed by atoms with Crippen LogP contribution in [0.25, 0.3) is 16.9 Å². The van der Waals surface area contributed by atoms with Gasteiger partial charge in [0, 0.05) is 29.3 Å². The van der Waals surface area contributed by atoms with Gasteiger partial charge >= 0.3 is 0 Å². The molecule has 0 spiro atoms. The van der Waals surface area contributed by atoms with Gasteiger partial charge in [0.1, 0.15) is 0 Å². The van der Waals surface area contributed by atoms with E-state index in [0.717, 1.165) is 22.5 Å². The van der Waals surface area contributed by atoms with Gasteiger partial charge in [-0.25, -0.2) is 4.98 Å². The van der Waals surface area contributed by atoms with Crippen LogP contribution in [0.1, 0.15) is 5.56 Å². The fourth-order valence-electron chi connectivity index (χ4n) is 2.91. The van der Waals surface area contributed by atoms with Crippen molar-refractivity contribution in [2.24, 2.45) is 0 Å². The number of anilines is 2. The zero-order valence-electron chi connectivity index (χ0n) is 15.4. The van der Waals surface area contributed by atoms with Crippen molar-refractivity contribution in [2.45, 2.75) is 6.92 Å². The monoisotopic (exact) mass is 372 g/mol. The maximum absolute atomic E-state index is 12.2. The average Bonchev–Trinajstić information content (AvgIpc) is 3.13. The number of rotatable bonds is 5. The molecular formula is C22H20N4O2. The van der Waals surface area contributed by atoms with E-state index >= 15 is 0 Å². The van der Waals surface area contributed by atoms with Gasteiger partial charge in [-0.05, 0) is 43.3 Å². The van der Waals surface area contributed by atoms with Crippen LogP contribution in [0.2, 0.25) is 0 Å². The summed E-state index contributed by atoms with van der Waals surface area (Å²) in [7, 11) is 0. The third-order valence-electron chi connectivity index (χ3n) is 4.32. The molecule has 6 heteroatoms. The van der Waals surface area contributed by atoms with Crippen molar-refractivity contribution in [2.75, 3.05) is 17.7 Å². The first-order valence-electron chi connectivity index (χ1n) is 8.91. The van der Waals surface area contributed by atoms with Crippen molar-refractivity contribution in [1.29, 1.82) is 0 Å². The summed E-state index contributed by atoms with van der Waals surface area (Å²) in [6.45, 7) is 1.89. The molecule has 2 heterocycles. The number of nitrogens with two attached hydrogens (primary N) is 1. The Morgan fingerprint density at radius 1 is 1.14 bits per heavy atom. The second kappa shape index (κ2) is 7.44. The van der Waals surface area contributed by atoms with Crippen LogP contribution in [0, 0.1) is 6.92 Å². The van der Waals surface area contributed by atoms with Crippen LogP contribution in [-0.2, 0) is 4.79 Å². The van der Waals surface area contributed by atoms with Crippen molar-refractivity contribution in [3.63, 3.8) is 0 Å². The summed E-state index contributed by atoms with van der Waals surface area (Å²) in [6.07, 6.45) is 3.79. The molecule has 0 aliphatic rings. The molecule has 6 nitrogen and oxygen atoms in total. The van der Waals surface area contributed by atoms with Gasteiger partial charge in [0.15, 0.2) is 18.0 Å². The number of aryl methyl sites for hydroxylation is 1. The number of carbonyl (C=O) groups is 1. The number of ether oxygens (including phenoxy) is 1. The molecule has 0 fully saturated rings. The summed E-state index contributed by atoms with van der Waals surface area (Å²) in [5.74, 6) is 0.310. The van der Waals surface area contributed by atoms with Crippen LogP contribution in [0.4, 0.5) is 11.4 Å². The number of nitrogens with one attached hydrogen (secondary N) is 1. The molecule has 28 heavy (non-hydrogen) atoms. The lowest BCUT2D eigenvalue weighted by Crippen LogP contribution is -2.20. The zero-order valence-corrected chi connectivity index (χ0v) is 15.4. The molecule has 4 rings (SSSR count). The van der Waals surface area contributed by atoms with Crippen molar-refractivity contribution >= 4 is 22.9 Å². The molecule has 3 N–H and O–H groups in total. The maximum atomic E-state index is 12.2. The number of pyridine rings is 1. The highest BCUT2D eigenvalue weighted by molar-refractivity contribution is 5.92. The summed E-state index contributed by atoms with van der Waals surface area (Å²) in [6, 6.07) is 18.8. The lowest BCUT2D eigenvalue weighted by molar-refractivity contribution is -0.118. The van der Waals surface area contributed by atoms with Crippen molar-refractivity contribution in [3.05, 3.63) is 78.6 Å². The van der Waals surface area contributed by atoms with E-state index in [1.807, 2.05) is 78.3 Å². The highest BCUT2D eigenvalue weighted by Crippen LogP contribution is 2.25. The Morgan fingerprint density at radius 3 is 2.75 bits per heavy atom. The van der Waals surface area contributed by atoms with E-state index in [9.17, 15) is 4.79 Å². The molecule has 0 saturated carbocycles. The fraction of sp³-hybridized carbons (Fsp3) is 0.0909. The number of hydrogen-bond donors (Lipinski definition) is 2. The number of aromatic nitrogens is 2. The predicted octanol–water partition coefficient (Wildman–Crippen LogP) is 3.91. The molecule has 0 aliphatic heterocycles. The van der Waals surface area contributed by atoms with Gasteiger partial charge in [0.2, 0.25) is 0 Å². The number of fused-ring (bicyclic) bond motifs is 1. The number of hydrogen-bond acceptors (Lipinski definition) is 4. The molecule has 140 valence electrons. The maximum Gasteiger partial charge on any atom is 0.262 e. The second-order valence-corrected chi connectivity index (χ2v) is 6.56. The number of nitrogens with zero attached hydrogens (tertiary/aromatic N) is 2. The number of amides is 1. The first-order chi connectivity index (χ1) is 13.6. The minimum absolute atomic E-state index is 0.103.